The lowest BCUT2D eigenvalue weighted by Gasteiger charge is -2.28. The van der Waals surface area contributed by atoms with E-state index in [-0.39, 0.29) is 5.91 Å². The zero-order valence-electron chi connectivity index (χ0n) is 10.2. The Morgan fingerprint density at radius 1 is 1.50 bits per heavy atom. The van der Waals surface area contributed by atoms with Gasteiger partial charge in [-0.25, -0.2) is 0 Å². The first-order chi connectivity index (χ1) is 8.72. The summed E-state index contributed by atoms with van der Waals surface area (Å²) in [6.07, 6.45) is 2.04. The summed E-state index contributed by atoms with van der Waals surface area (Å²) in [5.74, 6) is 0.0856. The number of rotatable bonds is 2. The molecule has 2 N–H and O–H groups in total. The maximum absolute atomic E-state index is 12.2. The van der Waals surface area contributed by atoms with Crippen molar-refractivity contribution >= 4 is 38.0 Å². The molecule has 18 heavy (non-hydrogen) atoms. The SMILES string of the molecule is CC1CC(NC(=O)c2cc3sccc3s2)CCN1. The molecule has 0 radical (unpaired) electrons. The summed E-state index contributed by atoms with van der Waals surface area (Å²) >= 11 is 3.28. The highest BCUT2D eigenvalue weighted by atomic mass is 32.1. The molecular formula is C13H16N2OS2. The molecule has 0 saturated carbocycles. The average molecular weight is 280 g/mol. The van der Waals surface area contributed by atoms with E-state index in [1.165, 1.54) is 9.40 Å². The van der Waals surface area contributed by atoms with Crippen LogP contribution in [0.2, 0.25) is 0 Å². The summed E-state index contributed by atoms with van der Waals surface area (Å²) < 4.78 is 2.42. The lowest BCUT2D eigenvalue weighted by Crippen LogP contribution is -2.46. The molecule has 3 heterocycles. The first kappa shape index (κ1) is 12.1. The minimum Gasteiger partial charge on any atom is -0.349 e. The van der Waals surface area contributed by atoms with Crippen LogP contribution in [-0.4, -0.2) is 24.5 Å². The largest absolute Gasteiger partial charge is 0.349 e. The van der Waals surface area contributed by atoms with E-state index in [9.17, 15) is 4.79 Å². The monoisotopic (exact) mass is 280 g/mol. The first-order valence-electron chi connectivity index (χ1n) is 6.23. The number of hydrogen-bond donors (Lipinski definition) is 2. The third-order valence-corrected chi connectivity index (χ3v) is 5.41. The van der Waals surface area contributed by atoms with Gasteiger partial charge in [-0.1, -0.05) is 0 Å². The predicted molar refractivity (Wildman–Crippen MR) is 77.7 cm³/mol. The van der Waals surface area contributed by atoms with Crippen molar-refractivity contribution in [1.29, 1.82) is 0 Å². The van der Waals surface area contributed by atoms with E-state index in [1.54, 1.807) is 22.7 Å². The molecule has 0 aromatic carbocycles. The molecular weight excluding hydrogens is 264 g/mol. The van der Waals surface area contributed by atoms with Gasteiger partial charge in [0.2, 0.25) is 0 Å². The molecule has 5 heteroatoms. The smallest absolute Gasteiger partial charge is 0.261 e. The molecule has 1 fully saturated rings. The quantitative estimate of drug-likeness (QED) is 0.888. The lowest BCUT2D eigenvalue weighted by atomic mass is 10.0. The van der Waals surface area contributed by atoms with Gasteiger partial charge in [-0.05, 0) is 43.8 Å². The van der Waals surface area contributed by atoms with Crippen LogP contribution in [0.25, 0.3) is 9.40 Å². The van der Waals surface area contributed by atoms with Gasteiger partial charge < -0.3 is 10.6 Å². The van der Waals surface area contributed by atoms with Crippen LogP contribution in [0.3, 0.4) is 0 Å². The van der Waals surface area contributed by atoms with Gasteiger partial charge in [0.05, 0.1) is 4.88 Å². The van der Waals surface area contributed by atoms with Gasteiger partial charge in [0.15, 0.2) is 0 Å². The summed E-state index contributed by atoms with van der Waals surface area (Å²) in [7, 11) is 0. The highest BCUT2D eigenvalue weighted by molar-refractivity contribution is 7.27. The summed E-state index contributed by atoms with van der Waals surface area (Å²) in [4.78, 5) is 13.0. The molecule has 0 spiro atoms. The normalized spacial score (nSPS) is 24.3. The van der Waals surface area contributed by atoms with Crippen molar-refractivity contribution < 1.29 is 4.79 Å². The molecule has 0 aliphatic carbocycles. The Bertz CT molecular complexity index is 532. The average Bonchev–Trinajstić information content (AvgIpc) is 2.88. The summed E-state index contributed by atoms with van der Waals surface area (Å²) in [5.41, 5.74) is 0. The van der Waals surface area contributed by atoms with E-state index in [1.807, 2.05) is 6.07 Å². The molecule has 2 atom stereocenters. The topological polar surface area (TPSA) is 41.1 Å². The molecule has 2 aromatic rings. The Kier molecular flexibility index (Phi) is 3.37. The maximum atomic E-state index is 12.2. The van der Waals surface area contributed by atoms with E-state index >= 15 is 0 Å². The number of thiophene rings is 2. The van der Waals surface area contributed by atoms with Crippen molar-refractivity contribution in [1.82, 2.24) is 10.6 Å². The number of carbonyl (C=O) groups is 1. The lowest BCUT2D eigenvalue weighted by molar-refractivity contribution is 0.0930. The van der Waals surface area contributed by atoms with Gasteiger partial charge in [0.1, 0.15) is 0 Å². The zero-order valence-corrected chi connectivity index (χ0v) is 11.9. The fourth-order valence-electron chi connectivity index (χ4n) is 2.40. The van der Waals surface area contributed by atoms with Crippen molar-refractivity contribution in [2.45, 2.75) is 31.8 Å². The van der Waals surface area contributed by atoms with Crippen LogP contribution in [0.1, 0.15) is 29.4 Å². The van der Waals surface area contributed by atoms with Crippen LogP contribution in [-0.2, 0) is 0 Å². The van der Waals surface area contributed by atoms with Crippen LogP contribution in [0.5, 0.6) is 0 Å². The zero-order chi connectivity index (χ0) is 12.5. The fourth-order valence-corrected chi connectivity index (χ4v) is 4.41. The molecule has 2 unspecified atom stereocenters. The number of piperidine rings is 1. The summed E-state index contributed by atoms with van der Waals surface area (Å²) in [5, 5.41) is 8.61. The van der Waals surface area contributed by atoms with E-state index in [0.717, 1.165) is 24.3 Å². The summed E-state index contributed by atoms with van der Waals surface area (Å²) in [6, 6.07) is 4.89. The molecule has 3 nitrogen and oxygen atoms in total. The molecule has 1 aliphatic rings. The fraction of sp³-hybridized carbons (Fsp3) is 0.462. The Morgan fingerprint density at radius 2 is 2.39 bits per heavy atom. The Hall–Kier alpha value is -0.910. The van der Waals surface area contributed by atoms with E-state index in [2.05, 4.69) is 29.0 Å². The van der Waals surface area contributed by atoms with Crippen LogP contribution >= 0.6 is 22.7 Å². The third-order valence-electron chi connectivity index (χ3n) is 3.32. The molecule has 3 rings (SSSR count). The number of amides is 1. The molecule has 1 saturated heterocycles. The number of hydrogen-bond acceptors (Lipinski definition) is 4. The summed E-state index contributed by atoms with van der Waals surface area (Å²) in [6.45, 7) is 3.16. The van der Waals surface area contributed by atoms with Crippen LogP contribution in [0, 0.1) is 0 Å². The van der Waals surface area contributed by atoms with Crippen LogP contribution in [0.4, 0.5) is 0 Å². The van der Waals surface area contributed by atoms with Gasteiger partial charge in [-0.15, -0.1) is 22.7 Å². The second kappa shape index (κ2) is 4.99. The molecule has 0 bridgehead atoms. The second-order valence-electron chi connectivity index (χ2n) is 4.81. The van der Waals surface area contributed by atoms with Crippen LogP contribution < -0.4 is 10.6 Å². The molecule has 96 valence electrons. The van der Waals surface area contributed by atoms with E-state index in [4.69, 9.17) is 0 Å². The van der Waals surface area contributed by atoms with E-state index < -0.39 is 0 Å². The third kappa shape index (κ3) is 2.43. The predicted octanol–water partition coefficient (Wildman–Crippen LogP) is 2.83. The number of carbonyl (C=O) groups excluding carboxylic acids is 1. The minimum absolute atomic E-state index is 0.0856. The minimum atomic E-state index is 0.0856. The number of fused-ring (bicyclic) bond motifs is 1. The van der Waals surface area contributed by atoms with Crippen molar-refractivity contribution in [3.05, 3.63) is 22.4 Å². The van der Waals surface area contributed by atoms with Gasteiger partial charge >= 0.3 is 0 Å². The standard InChI is InChI=1S/C13H16N2OS2/c1-8-6-9(2-4-14-8)15-13(16)12-7-11-10(18-12)3-5-17-11/h3,5,7-9,14H,2,4,6H2,1H3,(H,15,16). The molecule has 1 amide bonds. The number of nitrogens with one attached hydrogen (secondary N) is 2. The Morgan fingerprint density at radius 3 is 3.17 bits per heavy atom. The van der Waals surface area contributed by atoms with Gasteiger partial charge in [0, 0.05) is 21.5 Å². The van der Waals surface area contributed by atoms with Crippen molar-refractivity contribution in [3.8, 4) is 0 Å². The van der Waals surface area contributed by atoms with Crippen molar-refractivity contribution in [2.24, 2.45) is 0 Å². The van der Waals surface area contributed by atoms with Gasteiger partial charge in [0.25, 0.3) is 5.91 Å². The van der Waals surface area contributed by atoms with Gasteiger partial charge in [-0.3, -0.25) is 4.79 Å². The first-order valence-corrected chi connectivity index (χ1v) is 7.93. The second-order valence-corrected chi connectivity index (χ2v) is 6.84. The Balaban J connectivity index is 1.69. The molecule has 1 aliphatic heterocycles. The van der Waals surface area contributed by atoms with E-state index in [0.29, 0.717) is 12.1 Å². The highest BCUT2D eigenvalue weighted by Gasteiger charge is 2.21. The van der Waals surface area contributed by atoms with Crippen molar-refractivity contribution in [2.75, 3.05) is 6.54 Å². The van der Waals surface area contributed by atoms with Gasteiger partial charge in [-0.2, -0.15) is 0 Å². The molecule has 2 aromatic heterocycles. The maximum Gasteiger partial charge on any atom is 0.261 e. The van der Waals surface area contributed by atoms with Crippen molar-refractivity contribution in [3.63, 3.8) is 0 Å². The van der Waals surface area contributed by atoms with Crippen LogP contribution in [0.15, 0.2) is 17.5 Å². The Labute approximate surface area is 114 Å². The highest BCUT2D eigenvalue weighted by Crippen LogP contribution is 2.30.